The summed E-state index contributed by atoms with van der Waals surface area (Å²) in [7, 11) is 0. The van der Waals surface area contributed by atoms with Gasteiger partial charge in [-0.2, -0.15) is 13.2 Å². The van der Waals surface area contributed by atoms with E-state index in [9.17, 15) is 28.1 Å². The Morgan fingerprint density at radius 1 is 1.18 bits per heavy atom. The molecule has 33 heavy (non-hydrogen) atoms. The van der Waals surface area contributed by atoms with Crippen LogP contribution < -0.4 is 14.8 Å². The van der Waals surface area contributed by atoms with Crippen LogP contribution in [0.4, 0.5) is 19.0 Å². The molecule has 0 fully saturated rings. The maximum atomic E-state index is 12.7. The van der Waals surface area contributed by atoms with Crippen LogP contribution in [-0.4, -0.2) is 39.6 Å². The minimum Gasteiger partial charge on any atom is -0.484 e. The van der Waals surface area contributed by atoms with E-state index < -0.39 is 28.6 Å². The first kappa shape index (κ1) is 22.1. The topological polar surface area (TPSA) is 109 Å². The number of amides is 1. The minimum atomic E-state index is -4.39. The number of hydrogen-bond acceptors (Lipinski definition) is 6. The van der Waals surface area contributed by atoms with Crippen LogP contribution in [0.15, 0.2) is 54.7 Å². The zero-order chi connectivity index (χ0) is 23.6. The van der Waals surface area contributed by atoms with Crippen molar-refractivity contribution in [2.75, 3.05) is 13.2 Å². The van der Waals surface area contributed by atoms with Crippen LogP contribution in [0.1, 0.15) is 5.56 Å². The van der Waals surface area contributed by atoms with Gasteiger partial charge in [0.25, 0.3) is 5.91 Å². The molecule has 1 atom stereocenters. The normalized spacial score (nSPS) is 15.3. The van der Waals surface area contributed by atoms with Crippen LogP contribution >= 0.6 is 0 Å². The quantitative estimate of drug-likeness (QED) is 0.444. The Hall–Kier alpha value is -4.09. The number of nitrogens with zero attached hydrogens (tertiary/aromatic N) is 3. The van der Waals surface area contributed by atoms with Crippen molar-refractivity contribution in [1.82, 2.24) is 14.9 Å². The molecule has 2 aromatic carbocycles. The molecule has 172 valence electrons. The van der Waals surface area contributed by atoms with Gasteiger partial charge in [-0.25, -0.2) is 0 Å². The maximum Gasteiger partial charge on any atom is 0.416 e. The number of benzene rings is 2. The third kappa shape index (κ3) is 5.22. The Morgan fingerprint density at radius 3 is 2.42 bits per heavy atom. The average Bonchev–Trinajstić information content (AvgIpc) is 3.21. The van der Waals surface area contributed by atoms with Crippen molar-refractivity contribution in [2.24, 2.45) is 0 Å². The summed E-state index contributed by atoms with van der Waals surface area (Å²) >= 11 is 0. The van der Waals surface area contributed by atoms with Crippen LogP contribution in [0.5, 0.6) is 11.8 Å². The highest BCUT2D eigenvalue weighted by Crippen LogP contribution is 2.31. The lowest BCUT2D eigenvalue weighted by Crippen LogP contribution is -2.46. The minimum absolute atomic E-state index is 0.113. The van der Waals surface area contributed by atoms with Gasteiger partial charge in [0.15, 0.2) is 6.61 Å². The van der Waals surface area contributed by atoms with Crippen molar-refractivity contribution in [2.45, 2.75) is 18.8 Å². The molecule has 1 aromatic heterocycles. The van der Waals surface area contributed by atoms with Crippen LogP contribution in [0.2, 0.25) is 0 Å². The number of carbonyl (C=O) groups is 1. The molecule has 3 aromatic rings. The first-order valence-corrected chi connectivity index (χ1v) is 9.73. The van der Waals surface area contributed by atoms with Gasteiger partial charge in [0.2, 0.25) is 0 Å². The molecule has 2 heterocycles. The number of rotatable bonds is 6. The van der Waals surface area contributed by atoms with Crippen LogP contribution in [0, 0.1) is 10.1 Å². The first-order valence-electron chi connectivity index (χ1n) is 9.73. The summed E-state index contributed by atoms with van der Waals surface area (Å²) in [4.78, 5) is 26.1. The number of nitro groups is 1. The smallest absolute Gasteiger partial charge is 0.416 e. The fourth-order valence-corrected chi connectivity index (χ4v) is 3.29. The first-order chi connectivity index (χ1) is 15.7. The van der Waals surface area contributed by atoms with E-state index >= 15 is 0 Å². The van der Waals surface area contributed by atoms with E-state index in [1.54, 1.807) is 24.3 Å². The lowest BCUT2D eigenvalue weighted by molar-refractivity contribution is -0.389. The number of nitrogens with one attached hydrogen (secondary N) is 1. The predicted octanol–water partition coefficient (Wildman–Crippen LogP) is 3.43. The average molecular weight is 462 g/mol. The number of aromatic nitrogens is 2. The molecule has 0 saturated carbocycles. The van der Waals surface area contributed by atoms with Gasteiger partial charge in [0, 0.05) is 4.98 Å². The Balaban J connectivity index is 1.28. The summed E-state index contributed by atoms with van der Waals surface area (Å²) in [5.41, 5.74) is 0.594. The Bertz CT molecular complexity index is 1160. The highest BCUT2D eigenvalue weighted by Gasteiger charge is 2.30. The molecule has 1 aliphatic heterocycles. The maximum absolute atomic E-state index is 12.7. The van der Waals surface area contributed by atoms with Gasteiger partial charge in [0.1, 0.15) is 18.6 Å². The lowest BCUT2D eigenvalue weighted by Gasteiger charge is -2.23. The predicted molar refractivity (Wildman–Crippen MR) is 109 cm³/mol. The number of ether oxygens (including phenoxy) is 2. The van der Waals surface area contributed by atoms with Gasteiger partial charge in [-0.3, -0.25) is 9.36 Å². The van der Waals surface area contributed by atoms with E-state index in [4.69, 9.17) is 9.47 Å². The van der Waals surface area contributed by atoms with E-state index in [0.717, 1.165) is 12.1 Å². The molecule has 1 amide bonds. The molecule has 12 heteroatoms. The van der Waals surface area contributed by atoms with E-state index in [2.05, 4.69) is 10.3 Å². The van der Waals surface area contributed by atoms with Crippen molar-refractivity contribution >= 4 is 11.7 Å². The van der Waals surface area contributed by atoms with E-state index in [0.29, 0.717) is 16.9 Å². The number of alkyl halides is 3. The molecule has 1 aliphatic rings. The van der Waals surface area contributed by atoms with Crippen molar-refractivity contribution in [1.29, 1.82) is 0 Å². The summed E-state index contributed by atoms with van der Waals surface area (Å²) in [6, 6.07) is 11.1. The second-order valence-electron chi connectivity index (χ2n) is 7.25. The van der Waals surface area contributed by atoms with E-state index in [-0.39, 0.29) is 31.6 Å². The van der Waals surface area contributed by atoms with Gasteiger partial charge in [0.05, 0.1) is 18.2 Å². The summed E-state index contributed by atoms with van der Waals surface area (Å²) in [6.45, 7) is 0.110. The highest BCUT2D eigenvalue weighted by atomic mass is 19.4. The largest absolute Gasteiger partial charge is 0.484 e. The number of imidazole rings is 1. The summed E-state index contributed by atoms with van der Waals surface area (Å²) in [5.74, 6) is -0.332. The summed E-state index contributed by atoms with van der Waals surface area (Å²) in [5, 5.41) is 13.5. The molecule has 4 rings (SSSR count). The molecule has 0 saturated heterocycles. The van der Waals surface area contributed by atoms with Crippen molar-refractivity contribution in [3.63, 3.8) is 0 Å². The molecule has 0 aliphatic carbocycles. The summed E-state index contributed by atoms with van der Waals surface area (Å²) < 4.78 is 50.3. The molecule has 0 unspecified atom stereocenters. The number of fused-ring (bicyclic) bond motifs is 1. The van der Waals surface area contributed by atoms with Gasteiger partial charge < -0.3 is 24.9 Å². The Kier molecular flexibility index (Phi) is 5.90. The van der Waals surface area contributed by atoms with Crippen molar-refractivity contribution in [3.05, 3.63) is 70.4 Å². The summed E-state index contributed by atoms with van der Waals surface area (Å²) in [6.07, 6.45) is -3.15. The number of hydrogen-bond donors (Lipinski definition) is 1. The fourth-order valence-electron chi connectivity index (χ4n) is 3.29. The van der Waals surface area contributed by atoms with Crippen molar-refractivity contribution < 1.29 is 32.4 Å². The molecular weight excluding hydrogens is 445 g/mol. The number of carbonyl (C=O) groups excluding carboxylic acids is 1. The lowest BCUT2D eigenvalue weighted by atomic mass is 10.0. The second kappa shape index (κ2) is 8.81. The molecule has 0 bridgehead atoms. The molecular formula is C21H17F3N4O5. The Labute approximate surface area is 184 Å². The zero-order valence-corrected chi connectivity index (χ0v) is 16.9. The van der Waals surface area contributed by atoms with Gasteiger partial charge in [-0.1, -0.05) is 24.3 Å². The third-order valence-electron chi connectivity index (χ3n) is 4.88. The highest BCUT2D eigenvalue weighted by molar-refractivity contribution is 5.78. The molecule has 0 radical (unpaired) electrons. The van der Waals surface area contributed by atoms with Gasteiger partial charge in [-0.05, 0) is 40.3 Å². The van der Waals surface area contributed by atoms with Gasteiger partial charge in [-0.15, -0.1) is 0 Å². The van der Waals surface area contributed by atoms with Crippen LogP contribution in [0.25, 0.3) is 11.1 Å². The molecule has 9 nitrogen and oxygen atoms in total. The van der Waals surface area contributed by atoms with Crippen molar-refractivity contribution in [3.8, 4) is 22.9 Å². The van der Waals surface area contributed by atoms with Crippen LogP contribution in [-0.2, 0) is 17.5 Å². The molecule has 0 spiro atoms. The van der Waals surface area contributed by atoms with E-state index in [1.165, 1.54) is 22.9 Å². The van der Waals surface area contributed by atoms with E-state index in [1.807, 2.05) is 0 Å². The SMILES string of the molecule is O=C(COc1ccc(-c2ccc(C(F)(F)F)cc2)cc1)N[C@@H]1COc2nc([N+](=O)[O-])cn2C1. The fraction of sp³-hybridized carbons (Fsp3) is 0.238. The Morgan fingerprint density at radius 2 is 1.82 bits per heavy atom. The van der Waals surface area contributed by atoms with Gasteiger partial charge >= 0.3 is 18.0 Å². The second-order valence-corrected chi connectivity index (χ2v) is 7.25. The van der Waals surface area contributed by atoms with Crippen LogP contribution in [0.3, 0.4) is 0 Å². The standard InChI is InChI=1S/C21H17F3N4O5/c22-21(23,24)15-5-1-13(2-6-15)14-3-7-17(8-4-14)32-12-19(29)25-16-9-27-10-18(28(30)31)26-20(27)33-11-16/h1-8,10,16H,9,11-12H2,(H,25,29)/t16-/m0/s1. The molecule has 1 N–H and O–H groups in total. The number of halogens is 3. The monoisotopic (exact) mass is 462 g/mol. The zero-order valence-electron chi connectivity index (χ0n) is 16.9. The third-order valence-corrected chi connectivity index (χ3v) is 4.88.